The molecule has 142 valence electrons. The van der Waals surface area contributed by atoms with Gasteiger partial charge in [0.2, 0.25) is 0 Å². The minimum atomic E-state index is -0.750. The van der Waals surface area contributed by atoms with E-state index in [1.807, 2.05) is 18.2 Å². The molecule has 2 N–H and O–H groups in total. The minimum absolute atomic E-state index is 0.235. The van der Waals surface area contributed by atoms with Gasteiger partial charge in [0, 0.05) is 31.6 Å². The van der Waals surface area contributed by atoms with E-state index in [0.717, 1.165) is 49.5 Å². The van der Waals surface area contributed by atoms with Crippen molar-refractivity contribution in [3.8, 4) is 11.5 Å². The van der Waals surface area contributed by atoms with Crippen molar-refractivity contribution in [1.82, 2.24) is 4.90 Å². The number of hydrogen-bond donors (Lipinski definition) is 2. The predicted molar refractivity (Wildman–Crippen MR) is 97.5 cm³/mol. The van der Waals surface area contributed by atoms with Crippen LogP contribution in [0.15, 0.2) is 23.8 Å². The first-order valence-electron chi connectivity index (χ1n) is 9.30. The Balaban J connectivity index is 1.37. The Labute approximate surface area is 154 Å². The summed E-state index contributed by atoms with van der Waals surface area (Å²) in [6.07, 6.45) is 3.07. The molecule has 2 atom stereocenters. The van der Waals surface area contributed by atoms with Crippen LogP contribution in [0.25, 0.3) is 6.08 Å². The number of rotatable bonds is 3. The second-order valence-electron chi connectivity index (χ2n) is 7.58. The van der Waals surface area contributed by atoms with Gasteiger partial charge in [-0.1, -0.05) is 12.1 Å². The van der Waals surface area contributed by atoms with E-state index in [1.165, 1.54) is 5.57 Å². The first-order valence-corrected chi connectivity index (χ1v) is 9.30. The number of piperidine rings is 1. The molecule has 4 rings (SSSR count). The molecule has 1 aromatic rings. The summed E-state index contributed by atoms with van der Waals surface area (Å²) in [4.78, 5) is 2.41. The first kappa shape index (κ1) is 17.8. The maximum atomic E-state index is 9.98. The van der Waals surface area contributed by atoms with Gasteiger partial charge in [0.1, 0.15) is 12.7 Å². The molecule has 1 spiro atoms. The highest BCUT2D eigenvalue weighted by molar-refractivity contribution is 5.66. The zero-order valence-corrected chi connectivity index (χ0v) is 15.2. The summed E-state index contributed by atoms with van der Waals surface area (Å²) in [5.41, 5.74) is 2.04. The van der Waals surface area contributed by atoms with Gasteiger partial charge < -0.3 is 24.4 Å². The second kappa shape index (κ2) is 7.19. The largest absolute Gasteiger partial charge is 0.493 e. The lowest BCUT2D eigenvalue weighted by molar-refractivity contribution is -0.187. The van der Waals surface area contributed by atoms with E-state index < -0.39 is 12.2 Å². The van der Waals surface area contributed by atoms with Crippen molar-refractivity contribution in [3.05, 3.63) is 29.3 Å². The smallest absolute Gasteiger partial charge is 0.168 e. The van der Waals surface area contributed by atoms with Crippen molar-refractivity contribution in [2.24, 2.45) is 0 Å². The van der Waals surface area contributed by atoms with Gasteiger partial charge in [0.15, 0.2) is 11.5 Å². The molecule has 3 aliphatic heterocycles. The molecular formula is C20H27NO5. The molecule has 0 bridgehead atoms. The molecule has 1 aromatic carbocycles. The molecule has 3 aliphatic rings. The van der Waals surface area contributed by atoms with Crippen molar-refractivity contribution >= 4 is 6.08 Å². The fraction of sp³-hybridized carbons (Fsp3) is 0.600. The van der Waals surface area contributed by atoms with Crippen LogP contribution >= 0.6 is 0 Å². The molecule has 0 saturated carbocycles. The third kappa shape index (κ3) is 3.47. The van der Waals surface area contributed by atoms with Gasteiger partial charge in [-0.2, -0.15) is 0 Å². The summed E-state index contributed by atoms with van der Waals surface area (Å²) in [7, 11) is 1.66. The number of methoxy groups -OCH3 is 1. The number of fused-ring (bicyclic) bond motifs is 1. The third-order valence-corrected chi connectivity index (χ3v) is 5.77. The maximum Gasteiger partial charge on any atom is 0.168 e. The molecule has 0 aromatic heterocycles. The Hall–Kier alpha value is -1.60. The lowest BCUT2D eigenvalue weighted by Crippen LogP contribution is -2.54. The van der Waals surface area contributed by atoms with Gasteiger partial charge in [-0.05, 0) is 30.6 Å². The maximum absolute atomic E-state index is 9.98. The average molecular weight is 361 g/mol. The summed E-state index contributed by atoms with van der Waals surface area (Å²) < 4.78 is 17.2. The number of para-hydroxylation sites is 1. The normalized spacial score (nSPS) is 28.2. The Kier molecular flexibility index (Phi) is 4.92. The van der Waals surface area contributed by atoms with Crippen LogP contribution in [0.4, 0.5) is 0 Å². The van der Waals surface area contributed by atoms with Crippen LogP contribution < -0.4 is 9.47 Å². The number of likely N-dealkylation sites (tertiary alicyclic amines) is 1. The number of nitrogens with zero attached hydrogens (tertiary/aromatic N) is 1. The molecule has 6 nitrogen and oxygen atoms in total. The number of ether oxygens (including phenoxy) is 3. The first-order chi connectivity index (χ1) is 12.6. The van der Waals surface area contributed by atoms with E-state index in [0.29, 0.717) is 13.0 Å². The molecule has 0 radical (unpaired) electrons. The number of aliphatic hydroxyl groups is 2. The molecule has 3 heterocycles. The van der Waals surface area contributed by atoms with Crippen LogP contribution in [0, 0.1) is 0 Å². The fourth-order valence-corrected chi connectivity index (χ4v) is 4.18. The van der Waals surface area contributed by atoms with E-state index in [1.54, 1.807) is 7.11 Å². The number of benzene rings is 1. The van der Waals surface area contributed by atoms with Crippen molar-refractivity contribution < 1.29 is 24.4 Å². The Bertz CT molecular complexity index is 681. The quantitative estimate of drug-likeness (QED) is 0.849. The average Bonchev–Trinajstić information content (AvgIpc) is 2.66. The van der Waals surface area contributed by atoms with E-state index in [9.17, 15) is 10.2 Å². The zero-order valence-electron chi connectivity index (χ0n) is 15.2. The molecule has 0 aliphatic carbocycles. The summed E-state index contributed by atoms with van der Waals surface area (Å²) >= 11 is 0. The van der Waals surface area contributed by atoms with Crippen LogP contribution in [-0.4, -0.2) is 72.9 Å². The third-order valence-electron chi connectivity index (χ3n) is 5.77. The van der Waals surface area contributed by atoms with Crippen LogP contribution in [0.3, 0.4) is 0 Å². The zero-order chi connectivity index (χ0) is 18.1. The summed E-state index contributed by atoms with van der Waals surface area (Å²) in [6.45, 7) is 3.53. The Morgan fingerprint density at radius 1 is 1.23 bits per heavy atom. The van der Waals surface area contributed by atoms with Gasteiger partial charge in [-0.25, -0.2) is 0 Å². The van der Waals surface area contributed by atoms with E-state index in [-0.39, 0.29) is 12.2 Å². The molecule has 26 heavy (non-hydrogen) atoms. The minimum Gasteiger partial charge on any atom is -0.493 e. The topological polar surface area (TPSA) is 71.4 Å². The van der Waals surface area contributed by atoms with Gasteiger partial charge in [-0.3, -0.25) is 4.90 Å². The van der Waals surface area contributed by atoms with Gasteiger partial charge in [-0.15, -0.1) is 0 Å². The summed E-state index contributed by atoms with van der Waals surface area (Å²) in [5, 5.41) is 19.6. The molecule has 0 unspecified atom stereocenters. The summed E-state index contributed by atoms with van der Waals surface area (Å²) in [6, 6.07) is 5.94. The van der Waals surface area contributed by atoms with Crippen LogP contribution in [0.1, 0.15) is 24.8 Å². The Morgan fingerprint density at radius 3 is 2.77 bits per heavy atom. The molecule has 0 amide bonds. The number of hydrogen-bond acceptors (Lipinski definition) is 6. The van der Waals surface area contributed by atoms with E-state index in [4.69, 9.17) is 14.2 Å². The molecule has 2 saturated heterocycles. The molecular weight excluding hydrogens is 334 g/mol. The fourth-order valence-electron chi connectivity index (χ4n) is 4.18. The van der Waals surface area contributed by atoms with Crippen molar-refractivity contribution in [2.45, 2.75) is 37.1 Å². The van der Waals surface area contributed by atoms with E-state index >= 15 is 0 Å². The summed E-state index contributed by atoms with van der Waals surface area (Å²) in [5.74, 6) is 1.59. The SMILES string of the molecule is COc1cccc2c1OCC(CN1CCC3(CC1)C[C@@H](O)[C@@H](O)CO3)=C2. The van der Waals surface area contributed by atoms with Crippen molar-refractivity contribution in [2.75, 3.05) is 40.0 Å². The molecule has 6 heteroatoms. The standard InChI is InChI=1S/C20H27NO5/c1-24-18-4-2-3-15-9-14(12-25-19(15)18)11-21-7-5-20(6-8-21)10-16(22)17(23)13-26-20/h2-4,9,16-17,22-23H,5-8,10-13H2,1H3/t16-,17+/m1/s1. The lowest BCUT2D eigenvalue weighted by atomic mass is 9.82. The van der Waals surface area contributed by atoms with Crippen LogP contribution in [0.5, 0.6) is 11.5 Å². The lowest BCUT2D eigenvalue weighted by Gasteiger charge is -2.46. The highest BCUT2D eigenvalue weighted by atomic mass is 16.5. The predicted octanol–water partition coefficient (Wildman–Crippen LogP) is 1.45. The van der Waals surface area contributed by atoms with Gasteiger partial charge >= 0.3 is 0 Å². The van der Waals surface area contributed by atoms with Gasteiger partial charge in [0.25, 0.3) is 0 Å². The highest BCUT2D eigenvalue weighted by Crippen LogP contribution is 2.37. The van der Waals surface area contributed by atoms with E-state index in [2.05, 4.69) is 11.0 Å². The van der Waals surface area contributed by atoms with Crippen molar-refractivity contribution in [3.63, 3.8) is 0 Å². The van der Waals surface area contributed by atoms with Crippen LogP contribution in [0.2, 0.25) is 0 Å². The van der Waals surface area contributed by atoms with Crippen molar-refractivity contribution in [1.29, 1.82) is 0 Å². The highest BCUT2D eigenvalue weighted by Gasteiger charge is 2.42. The number of aliphatic hydroxyl groups excluding tert-OH is 2. The molecule has 2 fully saturated rings. The second-order valence-corrected chi connectivity index (χ2v) is 7.58. The monoisotopic (exact) mass is 361 g/mol. The van der Waals surface area contributed by atoms with Gasteiger partial charge in [0.05, 0.1) is 25.4 Å². The van der Waals surface area contributed by atoms with Crippen LogP contribution in [-0.2, 0) is 4.74 Å². The Morgan fingerprint density at radius 2 is 2.04 bits per heavy atom.